The molecular formula is C20H32O. The van der Waals surface area contributed by atoms with Crippen molar-refractivity contribution >= 4 is 0 Å². The molecule has 1 heteroatoms. The third-order valence-electron chi connectivity index (χ3n) is 7.38. The number of rotatable bonds is 2. The minimum absolute atomic E-state index is 0.151. The number of hydrogen-bond acceptors (Lipinski definition) is 1. The van der Waals surface area contributed by atoms with Gasteiger partial charge in [0.25, 0.3) is 0 Å². The maximum atomic E-state index is 9.99. The summed E-state index contributed by atoms with van der Waals surface area (Å²) in [4.78, 5) is 0. The fourth-order valence-electron chi connectivity index (χ4n) is 6.01. The second-order valence-electron chi connectivity index (χ2n) is 8.78. The summed E-state index contributed by atoms with van der Waals surface area (Å²) in [7, 11) is 0. The van der Waals surface area contributed by atoms with Crippen LogP contribution in [0.15, 0.2) is 24.3 Å². The molecule has 5 atom stereocenters. The summed E-state index contributed by atoms with van der Waals surface area (Å²) >= 11 is 0. The second-order valence-corrected chi connectivity index (χ2v) is 8.78. The first-order valence-electron chi connectivity index (χ1n) is 8.83. The lowest BCUT2D eigenvalue weighted by Gasteiger charge is -2.60. The highest BCUT2D eigenvalue weighted by molar-refractivity contribution is 5.26. The molecule has 1 nitrogen and oxygen atoms in total. The first-order valence-corrected chi connectivity index (χ1v) is 8.83. The average molecular weight is 288 g/mol. The summed E-state index contributed by atoms with van der Waals surface area (Å²) < 4.78 is 0. The fourth-order valence-corrected chi connectivity index (χ4v) is 6.01. The van der Waals surface area contributed by atoms with Gasteiger partial charge in [-0.25, -0.2) is 0 Å². The lowest BCUT2D eigenvalue weighted by molar-refractivity contribution is -0.0892. The van der Waals surface area contributed by atoms with Crippen molar-refractivity contribution in [2.75, 3.05) is 6.61 Å². The topological polar surface area (TPSA) is 20.2 Å². The van der Waals surface area contributed by atoms with E-state index in [0.29, 0.717) is 17.9 Å². The van der Waals surface area contributed by atoms with Gasteiger partial charge >= 0.3 is 0 Å². The first kappa shape index (κ1) is 15.3. The van der Waals surface area contributed by atoms with Crippen LogP contribution in [-0.2, 0) is 0 Å². The molecule has 3 rings (SSSR count). The molecule has 2 fully saturated rings. The molecule has 0 aromatic heterocycles. The summed E-state index contributed by atoms with van der Waals surface area (Å²) in [5.41, 5.74) is 2.47. The van der Waals surface area contributed by atoms with Crippen molar-refractivity contribution in [2.45, 2.75) is 65.7 Å². The fraction of sp³-hybridized carbons (Fsp3) is 0.800. The van der Waals surface area contributed by atoms with Gasteiger partial charge in [-0.3, -0.25) is 0 Å². The molecule has 0 amide bonds. The highest BCUT2D eigenvalue weighted by Crippen LogP contribution is 2.63. The molecule has 0 aromatic carbocycles. The molecule has 2 saturated carbocycles. The number of allylic oxidation sites excluding steroid dienone is 3. The highest BCUT2D eigenvalue weighted by Gasteiger charge is 2.55. The zero-order chi connectivity index (χ0) is 15.3. The van der Waals surface area contributed by atoms with E-state index >= 15 is 0 Å². The molecule has 0 spiro atoms. The second kappa shape index (κ2) is 4.98. The Bertz CT molecular complexity index is 464. The first-order chi connectivity index (χ1) is 9.87. The van der Waals surface area contributed by atoms with Gasteiger partial charge in [0.2, 0.25) is 0 Å². The summed E-state index contributed by atoms with van der Waals surface area (Å²) in [5.74, 6) is 1.44. The van der Waals surface area contributed by atoms with E-state index in [1.165, 1.54) is 44.9 Å². The third kappa shape index (κ3) is 2.23. The standard InChI is InChI=1S/C20H32O/c1-5-18(2)12-9-16-15(13-18)7-8-17-19(3,14-21)10-6-11-20(16,17)4/h5,13,16-17,21H,1,6-12,14H2,2-4H3/t16-,17-,18-,19+,20+/m0/s1. The van der Waals surface area contributed by atoms with Crippen molar-refractivity contribution in [3.05, 3.63) is 24.3 Å². The van der Waals surface area contributed by atoms with Crippen LogP contribution in [0.1, 0.15) is 65.7 Å². The molecule has 3 aliphatic carbocycles. The van der Waals surface area contributed by atoms with E-state index in [1.807, 2.05) is 0 Å². The van der Waals surface area contributed by atoms with Crippen LogP contribution in [0.4, 0.5) is 0 Å². The Balaban J connectivity index is 1.96. The smallest absolute Gasteiger partial charge is 0.0487 e. The minimum Gasteiger partial charge on any atom is -0.396 e. The van der Waals surface area contributed by atoms with E-state index in [0.717, 1.165) is 5.92 Å². The quantitative estimate of drug-likeness (QED) is 0.700. The van der Waals surface area contributed by atoms with Crippen LogP contribution < -0.4 is 0 Å². The van der Waals surface area contributed by atoms with Crippen molar-refractivity contribution in [2.24, 2.45) is 28.1 Å². The van der Waals surface area contributed by atoms with Crippen molar-refractivity contribution < 1.29 is 5.11 Å². The zero-order valence-electron chi connectivity index (χ0n) is 14.1. The monoisotopic (exact) mass is 288 g/mol. The van der Waals surface area contributed by atoms with Gasteiger partial charge in [-0.15, -0.1) is 6.58 Å². The molecule has 0 aromatic rings. The van der Waals surface area contributed by atoms with Gasteiger partial charge in [-0.1, -0.05) is 44.9 Å². The molecule has 118 valence electrons. The maximum Gasteiger partial charge on any atom is 0.0487 e. The summed E-state index contributed by atoms with van der Waals surface area (Å²) in [6, 6.07) is 0. The molecular weight excluding hydrogens is 256 g/mol. The molecule has 1 N–H and O–H groups in total. The van der Waals surface area contributed by atoms with Gasteiger partial charge in [0, 0.05) is 12.0 Å². The molecule has 3 aliphatic rings. The molecule has 21 heavy (non-hydrogen) atoms. The lowest BCUT2D eigenvalue weighted by Crippen LogP contribution is -2.52. The van der Waals surface area contributed by atoms with Crippen LogP contribution in [0.2, 0.25) is 0 Å². The summed E-state index contributed by atoms with van der Waals surface area (Å²) in [5, 5.41) is 9.99. The van der Waals surface area contributed by atoms with Gasteiger partial charge < -0.3 is 5.11 Å². The minimum atomic E-state index is 0.151. The largest absolute Gasteiger partial charge is 0.396 e. The van der Waals surface area contributed by atoms with E-state index in [-0.39, 0.29) is 10.8 Å². The van der Waals surface area contributed by atoms with Crippen LogP contribution in [0, 0.1) is 28.1 Å². The van der Waals surface area contributed by atoms with E-state index in [1.54, 1.807) is 5.57 Å². The van der Waals surface area contributed by atoms with E-state index < -0.39 is 0 Å². The van der Waals surface area contributed by atoms with Gasteiger partial charge in [-0.05, 0) is 61.2 Å². The van der Waals surface area contributed by atoms with E-state index in [9.17, 15) is 5.11 Å². The van der Waals surface area contributed by atoms with Crippen molar-refractivity contribution in [3.63, 3.8) is 0 Å². The highest BCUT2D eigenvalue weighted by atomic mass is 16.3. The molecule has 0 bridgehead atoms. The Hall–Kier alpha value is -0.560. The molecule has 0 saturated heterocycles. The predicted molar refractivity (Wildman–Crippen MR) is 89.0 cm³/mol. The van der Waals surface area contributed by atoms with E-state index in [2.05, 4.69) is 39.5 Å². The summed E-state index contributed by atoms with van der Waals surface area (Å²) in [6.45, 7) is 11.6. The summed E-state index contributed by atoms with van der Waals surface area (Å²) in [6.07, 6.45) is 13.6. The number of hydrogen-bond donors (Lipinski definition) is 1. The van der Waals surface area contributed by atoms with Crippen molar-refractivity contribution in [1.82, 2.24) is 0 Å². The third-order valence-corrected chi connectivity index (χ3v) is 7.38. The molecule has 0 aliphatic heterocycles. The average Bonchev–Trinajstić information content (AvgIpc) is 2.46. The Morgan fingerprint density at radius 3 is 2.67 bits per heavy atom. The molecule has 0 heterocycles. The predicted octanol–water partition coefficient (Wildman–Crippen LogP) is 5.11. The van der Waals surface area contributed by atoms with Crippen molar-refractivity contribution in [1.29, 1.82) is 0 Å². The number of fused-ring (bicyclic) bond motifs is 3. The van der Waals surface area contributed by atoms with Crippen LogP contribution in [-0.4, -0.2) is 11.7 Å². The SMILES string of the molecule is C=C[C@]1(C)C=C2CC[C@H]3[C@@](C)(CO)CCC[C@]3(C)[C@H]2CC1. The Morgan fingerprint density at radius 2 is 2.00 bits per heavy atom. The molecule has 0 radical (unpaired) electrons. The Labute approximate surface area is 130 Å². The van der Waals surface area contributed by atoms with Gasteiger partial charge in [0.15, 0.2) is 0 Å². The van der Waals surface area contributed by atoms with Crippen LogP contribution >= 0.6 is 0 Å². The number of aliphatic hydroxyl groups is 1. The van der Waals surface area contributed by atoms with Crippen molar-refractivity contribution in [3.8, 4) is 0 Å². The maximum absolute atomic E-state index is 9.99. The lowest BCUT2D eigenvalue weighted by atomic mass is 9.45. The zero-order valence-corrected chi connectivity index (χ0v) is 14.1. The molecule has 0 unspecified atom stereocenters. The van der Waals surface area contributed by atoms with Crippen LogP contribution in [0.25, 0.3) is 0 Å². The van der Waals surface area contributed by atoms with E-state index in [4.69, 9.17) is 0 Å². The van der Waals surface area contributed by atoms with Gasteiger partial charge in [0.1, 0.15) is 0 Å². The number of aliphatic hydroxyl groups excluding tert-OH is 1. The Kier molecular flexibility index (Phi) is 3.64. The van der Waals surface area contributed by atoms with Crippen LogP contribution in [0.5, 0.6) is 0 Å². The van der Waals surface area contributed by atoms with Gasteiger partial charge in [-0.2, -0.15) is 0 Å². The van der Waals surface area contributed by atoms with Crippen LogP contribution in [0.3, 0.4) is 0 Å². The normalized spacial score (nSPS) is 49.8. The Morgan fingerprint density at radius 1 is 1.24 bits per heavy atom. The van der Waals surface area contributed by atoms with Gasteiger partial charge in [0.05, 0.1) is 0 Å².